The van der Waals surface area contributed by atoms with Crippen LogP contribution in [0.2, 0.25) is 0 Å². The Hall–Kier alpha value is -2.08. The van der Waals surface area contributed by atoms with Crippen LogP contribution >= 0.6 is 11.8 Å². The van der Waals surface area contributed by atoms with Crippen LogP contribution < -0.4 is 5.56 Å². The van der Waals surface area contributed by atoms with E-state index in [1.807, 2.05) is 42.7 Å². The number of para-hydroxylation sites is 1. The first-order valence-corrected chi connectivity index (χ1v) is 10.1. The number of benzene rings is 1. The van der Waals surface area contributed by atoms with E-state index in [0.717, 1.165) is 40.5 Å². The Balaban J connectivity index is 1.92. The monoisotopic (exact) mass is 371 g/mol. The second-order valence-electron chi connectivity index (χ2n) is 6.52. The lowest BCUT2D eigenvalue weighted by Gasteiger charge is -2.13. The highest BCUT2D eigenvalue weighted by Crippen LogP contribution is 2.25. The van der Waals surface area contributed by atoms with Crippen molar-refractivity contribution in [3.8, 4) is 0 Å². The molecular formula is C20H25N3O2S. The standard InChI is InChI=1S/C20H25N3O2S/c1-4-5-6-9-12-23-19(24)16-10-7-8-11-18(16)21-20(23)26-13-17-14(2)22-25-15(17)3/h7-8,10-11H,4-6,9,12-13H2,1-3H3. The number of fused-ring (bicyclic) bond motifs is 1. The highest BCUT2D eigenvalue weighted by atomic mass is 32.2. The number of rotatable bonds is 8. The molecule has 0 saturated carbocycles. The quantitative estimate of drug-likeness (QED) is 0.321. The van der Waals surface area contributed by atoms with Crippen LogP contribution in [0.1, 0.15) is 49.6 Å². The van der Waals surface area contributed by atoms with Crippen LogP contribution in [0.5, 0.6) is 0 Å². The van der Waals surface area contributed by atoms with Crippen molar-refractivity contribution in [1.82, 2.24) is 14.7 Å². The molecule has 0 radical (unpaired) electrons. The minimum absolute atomic E-state index is 0.0494. The molecule has 5 nitrogen and oxygen atoms in total. The molecule has 26 heavy (non-hydrogen) atoms. The normalized spacial score (nSPS) is 11.3. The van der Waals surface area contributed by atoms with E-state index in [1.165, 1.54) is 12.8 Å². The van der Waals surface area contributed by atoms with Gasteiger partial charge in [0.2, 0.25) is 0 Å². The molecule has 0 bridgehead atoms. The van der Waals surface area contributed by atoms with Crippen LogP contribution in [-0.4, -0.2) is 14.7 Å². The Morgan fingerprint density at radius 2 is 1.96 bits per heavy atom. The maximum Gasteiger partial charge on any atom is 0.262 e. The summed E-state index contributed by atoms with van der Waals surface area (Å²) in [7, 11) is 0. The van der Waals surface area contributed by atoms with Crippen LogP contribution in [0, 0.1) is 13.8 Å². The van der Waals surface area contributed by atoms with Gasteiger partial charge < -0.3 is 4.52 Å². The molecule has 138 valence electrons. The summed E-state index contributed by atoms with van der Waals surface area (Å²) in [5, 5.41) is 5.46. The number of hydrogen-bond donors (Lipinski definition) is 0. The summed E-state index contributed by atoms with van der Waals surface area (Å²) in [4.78, 5) is 17.8. The molecule has 1 aromatic carbocycles. The van der Waals surface area contributed by atoms with Gasteiger partial charge in [0.15, 0.2) is 5.16 Å². The number of aromatic nitrogens is 3. The van der Waals surface area contributed by atoms with Crippen LogP contribution in [0.25, 0.3) is 10.9 Å². The minimum atomic E-state index is 0.0494. The van der Waals surface area contributed by atoms with Crippen LogP contribution in [0.4, 0.5) is 0 Å². The first-order valence-electron chi connectivity index (χ1n) is 9.16. The van der Waals surface area contributed by atoms with E-state index in [-0.39, 0.29) is 5.56 Å². The average Bonchev–Trinajstić information content (AvgIpc) is 2.96. The SMILES string of the molecule is CCCCCCn1c(SCc2c(C)noc2C)nc2ccccc2c1=O. The van der Waals surface area contributed by atoms with E-state index in [9.17, 15) is 4.79 Å². The van der Waals surface area contributed by atoms with Crippen LogP contribution in [0.15, 0.2) is 38.7 Å². The molecule has 0 aliphatic rings. The van der Waals surface area contributed by atoms with Gasteiger partial charge in [-0.1, -0.05) is 55.2 Å². The van der Waals surface area contributed by atoms with Crippen molar-refractivity contribution in [2.75, 3.05) is 0 Å². The fraction of sp³-hybridized carbons (Fsp3) is 0.450. The number of nitrogens with zero attached hydrogens (tertiary/aromatic N) is 3. The first kappa shape index (κ1) is 18.7. The summed E-state index contributed by atoms with van der Waals surface area (Å²) in [5.74, 6) is 1.52. The number of hydrogen-bond acceptors (Lipinski definition) is 5. The van der Waals surface area contributed by atoms with Gasteiger partial charge in [0.1, 0.15) is 5.76 Å². The molecule has 0 atom stereocenters. The molecule has 6 heteroatoms. The van der Waals surface area contributed by atoms with Crippen molar-refractivity contribution in [2.45, 2.75) is 63.9 Å². The Morgan fingerprint density at radius 1 is 1.15 bits per heavy atom. The summed E-state index contributed by atoms with van der Waals surface area (Å²) in [6.07, 6.45) is 4.49. The lowest BCUT2D eigenvalue weighted by Crippen LogP contribution is -2.23. The van der Waals surface area contributed by atoms with Gasteiger partial charge in [-0.25, -0.2) is 4.98 Å². The largest absolute Gasteiger partial charge is 0.361 e. The Kier molecular flexibility index (Phi) is 6.14. The van der Waals surface area contributed by atoms with E-state index in [4.69, 9.17) is 9.51 Å². The maximum atomic E-state index is 13.0. The molecular weight excluding hydrogens is 346 g/mol. The second kappa shape index (κ2) is 8.54. The van der Waals surface area contributed by atoms with Crippen molar-refractivity contribution in [2.24, 2.45) is 0 Å². The van der Waals surface area contributed by atoms with Crippen molar-refractivity contribution in [3.63, 3.8) is 0 Å². The maximum absolute atomic E-state index is 13.0. The fourth-order valence-electron chi connectivity index (χ4n) is 3.00. The average molecular weight is 372 g/mol. The lowest BCUT2D eigenvalue weighted by molar-refractivity contribution is 0.392. The first-order chi connectivity index (χ1) is 12.6. The van der Waals surface area contributed by atoms with E-state index < -0.39 is 0 Å². The van der Waals surface area contributed by atoms with Gasteiger partial charge in [-0.3, -0.25) is 9.36 Å². The summed E-state index contributed by atoms with van der Waals surface area (Å²) < 4.78 is 7.08. The fourth-order valence-corrected chi connectivity index (χ4v) is 4.17. The molecule has 2 aromatic heterocycles. The molecule has 0 unspecified atom stereocenters. The third kappa shape index (κ3) is 4.01. The van der Waals surface area contributed by atoms with E-state index in [1.54, 1.807) is 11.8 Å². The molecule has 0 spiro atoms. The number of thioether (sulfide) groups is 1. The smallest absolute Gasteiger partial charge is 0.262 e. The van der Waals surface area contributed by atoms with Gasteiger partial charge >= 0.3 is 0 Å². The predicted octanol–water partition coefficient (Wildman–Crippen LogP) is 4.87. The van der Waals surface area contributed by atoms with Crippen LogP contribution in [0.3, 0.4) is 0 Å². The summed E-state index contributed by atoms with van der Waals surface area (Å²) in [5.41, 5.74) is 2.78. The lowest BCUT2D eigenvalue weighted by atomic mass is 10.2. The zero-order chi connectivity index (χ0) is 18.5. The highest BCUT2D eigenvalue weighted by Gasteiger charge is 2.14. The number of aryl methyl sites for hydroxylation is 2. The van der Waals surface area contributed by atoms with Crippen molar-refractivity contribution >= 4 is 22.7 Å². The van der Waals surface area contributed by atoms with Crippen molar-refractivity contribution in [1.29, 1.82) is 0 Å². The zero-order valence-electron chi connectivity index (χ0n) is 15.6. The molecule has 0 aliphatic heterocycles. The molecule has 0 fully saturated rings. The molecule has 3 aromatic rings. The van der Waals surface area contributed by atoms with Gasteiger partial charge in [-0.05, 0) is 32.4 Å². The molecule has 0 N–H and O–H groups in total. The zero-order valence-corrected chi connectivity index (χ0v) is 16.4. The van der Waals surface area contributed by atoms with E-state index in [2.05, 4.69) is 12.1 Å². The summed E-state index contributed by atoms with van der Waals surface area (Å²) >= 11 is 1.58. The van der Waals surface area contributed by atoms with Gasteiger partial charge in [0.05, 0.1) is 16.6 Å². The Labute approximate surface area is 157 Å². The van der Waals surface area contributed by atoms with Crippen molar-refractivity contribution < 1.29 is 4.52 Å². The van der Waals surface area contributed by atoms with Gasteiger partial charge in [-0.2, -0.15) is 0 Å². The topological polar surface area (TPSA) is 60.9 Å². The minimum Gasteiger partial charge on any atom is -0.361 e. The second-order valence-corrected chi connectivity index (χ2v) is 7.46. The molecule has 0 aliphatic carbocycles. The Morgan fingerprint density at radius 3 is 2.69 bits per heavy atom. The van der Waals surface area contributed by atoms with E-state index >= 15 is 0 Å². The molecule has 0 amide bonds. The summed E-state index contributed by atoms with van der Waals surface area (Å²) in [6.45, 7) is 6.76. The third-order valence-electron chi connectivity index (χ3n) is 4.59. The third-order valence-corrected chi connectivity index (χ3v) is 5.59. The van der Waals surface area contributed by atoms with Crippen LogP contribution in [-0.2, 0) is 12.3 Å². The predicted molar refractivity (Wildman–Crippen MR) is 106 cm³/mol. The molecule has 3 rings (SSSR count). The van der Waals surface area contributed by atoms with Gasteiger partial charge in [0.25, 0.3) is 5.56 Å². The van der Waals surface area contributed by atoms with E-state index in [0.29, 0.717) is 17.7 Å². The van der Waals surface area contributed by atoms with Gasteiger partial charge in [-0.15, -0.1) is 0 Å². The number of unbranched alkanes of at least 4 members (excludes halogenated alkanes) is 3. The molecule has 0 saturated heterocycles. The van der Waals surface area contributed by atoms with Crippen molar-refractivity contribution in [3.05, 3.63) is 51.6 Å². The molecule has 2 heterocycles. The highest BCUT2D eigenvalue weighted by molar-refractivity contribution is 7.98. The Bertz CT molecular complexity index is 926. The van der Waals surface area contributed by atoms with Gasteiger partial charge in [0, 0.05) is 17.9 Å². The summed E-state index contributed by atoms with van der Waals surface area (Å²) in [6, 6.07) is 7.57.